The zero-order valence-corrected chi connectivity index (χ0v) is 8.96. The van der Waals surface area contributed by atoms with Crippen LogP contribution < -0.4 is 10.6 Å². The Bertz CT molecular complexity index is 394. The van der Waals surface area contributed by atoms with Crippen LogP contribution in [0.15, 0.2) is 24.3 Å². The first-order valence-corrected chi connectivity index (χ1v) is 4.86. The summed E-state index contributed by atoms with van der Waals surface area (Å²) in [5.41, 5.74) is 0.685. The highest BCUT2D eigenvalue weighted by molar-refractivity contribution is 5.84. The van der Waals surface area contributed by atoms with Gasteiger partial charge in [-0.05, 0) is 31.2 Å². The van der Waals surface area contributed by atoms with E-state index in [1.165, 1.54) is 12.1 Å². The molecule has 0 heterocycles. The third-order valence-corrected chi connectivity index (χ3v) is 1.99. The van der Waals surface area contributed by atoms with Gasteiger partial charge in [0.25, 0.3) is 0 Å². The maximum atomic E-state index is 12.6. The van der Waals surface area contributed by atoms with Gasteiger partial charge in [0.1, 0.15) is 11.9 Å². The molecule has 0 aliphatic rings. The number of benzene rings is 1. The average Bonchev–Trinajstić information content (AvgIpc) is 2.29. The standard InChI is InChI=1S/C12H13FN2O/c1-3-8-14-12(16)9(2)15-11-6-4-10(13)5-7-11/h1,4-7,9,15H,8H2,2H3,(H,14,16). The Kier molecular flexibility index (Phi) is 4.34. The maximum absolute atomic E-state index is 12.6. The Morgan fingerprint density at radius 3 is 2.69 bits per heavy atom. The monoisotopic (exact) mass is 220 g/mol. The zero-order valence-electron chi connectivity index (χ0n) is 8.96. The number of anilines is 1. The fourth-order valence-electron chi connectivity index (χ4n) is 1.15. The molecule has 0 aromatic heterocycles. The van der Waals surface area contributed by atoms with E-state index >= 15 is 0 Å². The van der Waals surface area contributed by atoms with E-state index in [9.17, 15) is 9.18 Å². The van der Waals surface area contributed by atoms with Crippen molar-refractivity contribution < 1.29 is 9.18 Å². The van der Waals surface area contributed by atoms with Crippen molar-refractivity contribution in [2.24, 2.45) is 0 Å². The molecule has 1 amide bonds. The summed E-state index contributed by atoms with van der Waals surface area (Å²) >= 11 is 0. The zero-order chi connectivity index (χ0) is 12.0. The maximum Gasteiger partial charge on any atom is 0.242 e. The van der Waals surface area contributed by atoms with Crippen LogP contribution in [0.4, 0.5) is 10.1 Å². The topological polar surface area (TPSA) is 41.1 Å². The number of nitrogens with one attached hydrogen (secondary N) is 2. The lowest BCUT2D eigenvalue weighted by Gasteiger charge is -2.14. The normalized spacial score (nSPS) is 11.3. The summed E-state index contributed by atoms with van der Waals surface area (Å²) in [6.45, 7) is 1.91. The second kappa shape index (κ2) is 5.76. The third-order valence-electron chi connectivity index (χ3n) is 1.99. The highest BCUT2D eigenvalue weighted by Gasteiger charge is 2.10. The molecule has 0 bridgehead atoms. The van der Waals surface area contributed by atoms with Gasteiger partial charge in [-0.1, -0.05) is 5.92 Å². The molecule has 1 aromatic rings. The predicted octanol–water partition coefficient (Wildman–Crippen LogP) is 1.38. The van der Waals surface area contributed by atoms with Crippen LogP contribution in [0.1, 0.15) is 6.92 Å². The van der Waals surface area contributed by atoms with Crippen molar-refractivity contribution in [1.29, 1.82) is 0 Å². The second-order valence-corrected chi connectivity index (χ2v) is 3.29. The highest BCUT2D eigenvalue weighted by Crippen LogP contribution is 2.09. The van der Waals surface area contributed by atoms with E-state index in [0.717, 1.165) is 0 Å². The van der Waals surface area contributed by atoms with Crippen LogP contribution in [0.25, 0.3) is 0 Å². The summed E-state index contributed by atoms with van der Waals surface area (Å²) < 4.78 is 12.6. The Morgan fingerprint density at radius 2 is 2.12 bits per heavy atom. The molecule has 0 saturated heterocycles. The molecule has 4 heteroatoms. The van der Waals surface area contributed by atoms with Crippen LogP contribution in [0.2, 0.25) is 0 Å². The van der Waals surface area contributed by atoms with E-state index in [1.807, 2.05) is 0 Å². The first-order valence-electron chi connectivity index (χ1n) is 4.86. The van der Waals surface area contributed by atoms with Crippen molar-refractivity contribution >= 4 is 11.6 Å². The first-order chi connectivity index (χ1) is 7.63. The molecular formula is C12H13FN2O. The van der Waals surface area contributed by atoms with Crippen LogP contribution in [0.3, 0.4) is 0 Å². The van der Waals surface area contributed by atoms with E-state index in [1.54, 1.807) is 19.1 Å². The quantitative estimate of drug-likeness (QED) is 0.752. The minimum atomic E-state index is -0.418. The molecule has 0 radical (unpaired) electrons. The smallest absolute Gasteiger partial charge is 0.242 e. The van der Waals surface area contributed by atoms with Crippen LogP contribution >= 0.6 is 0 Å². The number of hydrogen-bond donors (Lipinski definition) is 2. The number of carbonyl (C=O) groups excluding carboxylic acids is 1. The Morgan fingerprint density at radius 1 is 1.50 bits per heavy atom. The predicted molar refractivity (Wildman–Crippen MR) is 61.3 cm³/mol. The summed E-state index contributed by atoms with van der Waals surface area (Å²) in [4.78, 5) is 11.4. The Labute approximate surface area is 94.0 Å². The van der Waals surface area contributed by atoms with Gasteiger partial charge in [-0.25, -0.2) is 4.39 Å². The largest absolute Gasteiger partial charge is 0.374 e. The molecule has 0 aliphatic heterocycles. The number of carbonyl (C=O) groups is 1. The lowest BCUT2D eigenvalue weighted by molar-refractivity contribution is -0.121. The molecule has 0 saturated carbocycles. The van der Waals surface area contributed by atoms with Crippen molar-refractivity contribution in [1.82, 2.24) is 5.32 Å². The van der Waals surface area contributed by atoms with Crippen LogP contribution in [0.5, 0.6) is 0 Å². The van der Waals surface area contributed by atoms with E-state index in [2.05, 4.69) is 16.6 Å². The first kappa shape index (κ1) is 12.1. The molecule has 16 heavy (non-hydrogen) atoms. The summed E-state index contributed by atoms with van der Waals surface area (Å²) in [5, 5.41) is 5.48. The molecule has 1 aromatic carbocycles. The fraction of sp³-hybridized carbons (Fsp3) is 0.250. The van der Waals surface area contributed by atoms with Crippen LogP contribution in [-0.4, -0.2) is 18.5 Å². The van der Waals surface area contributed by atoms with Crippen molar-refractivity contribution in [2.75, 3.05) is 11.9 Å². The second-order valence-electron chi connectivity index (χ2n) is 3.29. The molecule has 3 nitrogen and oxygen atoms in total. The number of amides is 1. The molecule has 0 spiro atoms. The van der Waals surface area contributed by atoms with E-state index < -0.39 is 6.04 Å². The van der Waals surface area contributed by atoms with Crippen LogP contribution in [-0.2, 0) is 4.79 Å². The molecule has 0 aliphatic carbocycles. The number of terminal acetylenes is 1. The van der Waals surface area contributed by atoms with Crippen molar-refractivity contribution in [2.45, 2.75) is 13.0 Å². The van der Waals surface area contributed by atoms with Gasteiger partial charge in [-0.2, -0.15) is 0 Å². The van der Waals surface area contributed by atoms with Gasteiger partial charge in [-0.3, -0.25) is 4.79 Å². The molecular weight excluding hydrogens is 207 g/mol. The number of rotatable bonds is 4. The summed E-state index contributed by atoms with van der Waals surface area (Å²) in [5.74, 6) is 1.81. The molecule has 1 atom stereocenters. The van der Waals surface area contributed by atoms with Gasteiger partial charge in [-0.15, -0.1) is 6.42 Å². The number of halogens is 1. The molecule has 1 unspecified atom stereocenters. The van der Waals surface area contributed by atoms with Gasteiger partial charge in [0.2, 0.25) is 5.91 Å². The lowest BCUT2D eigenvalue weighted by Crippen LogP contribution is -2.37. The van der Waals surface area contributed by atoms with Gasteiger partial charge >= 0.3 is 0 Å². The fourth-order valence-corrected chi connectivity index (χ4v) is 1.15. The van der Waals surface area contributed by atoms with E-state index in [4.69, 9.17) is 6.42 Å². The molecule has 2 N–H and O–H groups in total. The van der Waals surface area contributed by atoms with Gasteiger partial charge in [0.15, 0.2) is 0 Å². The Balaban J connectivity index is 2.51. The third kappa shape index (κ3) is 3.62. The van der Waals surface area contributed by atoms with Gasteiger partial charge in [0, 0.05) is 5.69 Å². The van der Waals surface area contributed by atoms with E-state index in [-0.39, 0.29) is 18.3 Å². The van der Waals surface area contributed by atoms with Crippen molar-refractivity contribution in [3.63, 3.8) is 0 Å². The van der Waals surface area contributed by atoms with Gasteiger partial charge in [0.05, 0.1) is 6.54 Å². The summed E-state index contributed by atoms with van der Waals surface area (Å²) in [6, 6.07) is 5.38. The van der Waals surface area contributed by atoms with Crippen molar-refractivity contribution in [3.8, 4) is 12.3 Å². The molecule has 0 fully saturated rings. The minimum absolute atomic E-state index is 0.192. The number of hydrogen-bond acceptors (Lipinski definition) is 2. The Hall–Kier alpha value is -2.02. The van der Waals surface area contributed by atoms with Gasteiger partial charge < -0.3 is 10.6 Å². The lowest BCUT2D eigenvalue weighted by atomic mass is 10.2. The highest BCUT2D eigenvalue weighted by atomic mass is 19.1. The van der Waals surface area contributed by atoms with E-state index in [0.29, 0.717) is 5.69 Å². The average molecular weight is 220 g/mol. The van der Waals surface area contributed by atoms with Crippen molar-refractivity contribution in [3.05, 3.63) is 30.1 Å². The molecule has 84 valence electrons. The minimum Gasteiger partial charge on any atom is -0.374 e. The molecule has 1 rings (SSSR count). The summed E-state index contributed by atoms with van der Waals surface area (Å²) in [7, 11) is 0. The SMILES string of the molecule is C#CCNC(=O)C(C)Nc1ccc(F)cc1. The summed E-state index contributed by atoms with van der Waals surface area (Å²) in [6.07, 6.45) is 5.02. The van der Waals surface area contributed by atoms with Crippen LogP contribution in [0, 0.1) is 18.2 Å².